The van der Waals surface area contributed by atoms with E-state index in [0.29, 0.717) is 0 Å². The zero-order chi connectivity index (χ0) is 11.1. The predicted molar refractivity (Wildman–Crippen MR) is 63.5 cm³/mol. The molecule has 1 N–H and O–H groups in total. The molecule has 0 bridgehead atoms. The van der Waals surface area contributed by atoms with Gasteiger partial charge in [-0.05, 0) is 29.9 Å². The van der Waals surface area contributed by atoms with E-state index in [2.05, 4.69) is 12.8 Å². The summed E-state index contributed by atoms with van der Waals surface area (Å²) in [5.74, 6) is 2.40. The number of allylic oxidation sites excluding steroid dienone is 2. The number of hydrogen-bond donors (Lipinski definition) is 1. The second-order valence-electron chi connectivity index (χ2n) is 3.51. The summed E-state index contributed by atoms with van der Waals surface area (Å²) in [5.41, 5.74) is 2.13. The van der Waals surface area contributed by atoms with Crippen molar-refractivity contribution < 1.29 is 5.11 Å². The van der Waals surface area contributed by atoms with Gasteiger partial charge in [-0.1, -0.05) is 43.7 Å². The lowest BCUT2D eigenvalue weighted by molar-refractivity contribution is 0.426. The topological polar surface area (TPSA) is 20.2 Å². The molecule has 0 aromatic heterocycles. The molecular weight excluding hydrogens is 184 g/mol. The molecule has 15 heavy (non-hydrogen) atoms. The Morgan fingerprint density at radius 1 is 1.33 bits per heavy atom. The van der Waals surface area contributed by atoms with E-state index in [1.165, 1.54) is 5.56 Å². The average Bonchev–Trinajstić information content (AvgIpc) is 2.29. The second kappa shape index (κ2) is 5.93. The van der Waals surface area contributed by atoms with Gasteiger partial charge in [-0.15, -0.1) is 6.42 Å². The minimum Gasteiger partial charge on any atom is -0.501 e. The van der Waals surface area contributed by atoms with Crippen LogP contribution in [0.4, 0.5) is 0 Å². The molecule has 0 atom stereocenters. The standard InChI is InChI=1S/C14H16O/c1-3-8-13(14(15)4-2)11-12-9-6-5-7-10-12/h2,5-7,9-10,15H,3,8,11H2,1H3. The Hall–Kier alpha value is -1.68. The van der Waals surface area contributed by atoms with Crippen LogP contribution in [0.5, 0.6) is 0 Å². The van der Waals surface area contributed by atoms with Gasteiger partial charge in [-0.3, -0.25) is 0 Å². The van der Waals surface area contributed by atoms with Crippen LogP contribution in [0.15, 0.2) is 41.7 Å². The van der Waals surface area contributed by atoms with Crippen molar-refractivity contribution in [2.45, 2.75) is 26.2 Å². The van der Waals surface area contributed by atoms with Gasteiger partial charge in [0.05, 0.1) is 0 Å². The van der Waals surface area contributed by atoms with Gasteiger partial charge in [-0.25, -0.2) is 0 Å². The molecule has 0 amide bonds. The van der Waals surface area contributed by atoms with E-state index in [0.717, 1.165) is 24.8 Å². The summed E-state index contributed by atoms with van der Waals surface area (Å²) in [7, 11) is 0. The summed E-state index contributed by atoms with van der Waals surface area (Å²) in [6.45, 7) is 2.08. The molecule has 0 aliphatic heterocycles. The molecule has 1 aromatic carbocycles. The molecular formula is C14H16O. The largest absolute Gasteiger partial charge is 0.501 e. The molecule has 78 valence electrons. The molecule has 1 nitrogen and oxygen atoms in total. The van der Waals surface area contributed by atoms with Crippen LogP contribution < -0.4 is 0 Å². The highest BCUT2D eigenvalue weighted by Gasteiger charge is 2.04. The van der Waals surface area contributed by atoms with Gasteiger partial charge in [0.2, 0.25) is 0 Å². The third-order valence-corrected chi connectivity index (χ3v) is 2.28. The van der Waals surface area contributed by atoms with Crippen molar-refractivity contribution in [3.8, 4) is 12.3 Å². The zero-order valence-corrected chi connectivity index (χ0v) is 9.03. The van der Waals surface area contributed by atoms with Crippen LogP contribution in [-0.4, -0.2) is 5.11 Å². The molecule has 0 spiro atoms. The first-order chi connectivity index (χ1) is 7.27. The van der Waals surface area contributed by atoms with Gasteiger partial charge in [-0.2, -0.15) is 0 Å². The molecule has 0 radical (unpaired) electrons. The normalized spacial score (nSPS) is 11.7. The summed E-state index contributed by atoms with van der Waals surface area (Å²) in [5, 5.41) is 9.55. The molecule has 1 rings (SSSR count). The SMILES string of the molecule is C#CC(O)=C(CCC)Cc1ccccc1. The first kappa shape index (κ1) is 11.4. The maximum atomic E-state index is 9.55. The molecule has 1 aromatic rings. The van der Waals surface area contributed by atoms with Crippen molar-refractivity contribution in [2.75, 3.05) is 0 Å². The summed E-state index contributed by atoms with van der Waals surface area (Å²) in [6.07, 6.45) is 7.79. The highest BCUT2D eigenvalue weighted by Crippen LogP contribution is 2.15. The van der Waals surface area contributed by atoms with Crippen molar-refractivity contribution >= 4 is 0 Å². The first-order valence-corrected chi connectivity index (χ1v) is 5.19. The highest BCUT2D eigenvalue weighted by atomic mass is 16.3. The fourth-order valence-corrected chi connectivity index (χ4v) is 1.54. The van der Waals surface area contributed by atoms with E-state index < -0.39 is 0 Å². The van der Waals surface area contributed by atoms with Crippen LogP contribution in [0, 0.1) is 12.3 Å². The lowest BCUT2D eigenvalue weighted by Gasteiger charge is -2.06. The van der Waals surface area contributed by atoms with E-state index in [9.17, 15) is 5.11 Å². The molecule has 0 saturated carbocycles. The Kier molecular flexibility index (Phi) is 4.50. The fourth-order valence-electron chi connectivity index (χ4n) is 1.54. The van der Waals surface area contributed by atoms with Crippen LogP contribution >= 0.6 is 0 Å². The van der Waals surface area contributed by atoms with Crippen molar-refractivity contribution in [2.24, 2.45) is 0 Å². The first-order valence-electron chi connectivity index (χ1n) is 5.19. The Balaban J connectivity index is 2.82. The minimum absolute atomic E-state index is 0.0979. The monoisotopic (exact) mass is 200 g/mol. The number of hydrogen-bond acceptors (Lipinski definition) is 1. The summed E-state index contributed by atoms with van der Waals surface area (Å²) in [6, 6.07) is 10.0. The van der Waals surface area contributed by atoms with Gasteiger partial charge in [0.25, 0.3) is 0 Å². The second-order valence-corrected chi connectivity index (χ2v) is 3.51. The third-order valence-electron chi connectivity index (χ3n) is 2.28. The van der Waals surface area contributed by atoms with Crippen molar-refractivity contribution in [1.82, 2.24) is 0 Å². The predicted octanol–water partition coefficient (Wildman–Crippen LogP) is 3.47. The van der Waals surface area contributed by atoms with Crippen molar-refractivity contribution in [3.05, 3.63) is 47.2 Å². The molecule has 0 saturated heterocycles. The lowest BCUT2D eigenvalue weighted by Crippen LogP contribution is -1.95. The van der Waals surface area contributed by atoms with E-state index in [1.54, 1.807) is 0 Å². The number of terminal acetylenes is 1. The maximum absolute atomic E-state index is 9.55. The van der Waals surface area contributed by atoms with E-state index in [-0.39, 0.29) is 5.76 Å². The summed E-state index contributed by atoms with van der Waals surface area (Å²) < 4.78 is 0. The van der Waals surface area contributed by atoms with E-state index >= 15 is 0 Å². The molecule has 0 aliphatic carbocycles. The van der Waals surface area contributed by atoms with Crippen LogP contribution in [0.25, 0.3) is 0 Å². The average molecular weight is 200 g/mol. The number of aliphatic hydroxyl groups is 1. The van der Waals surface area contributed by atoms with Gasteiger partial charge in [0, 0.05) is 0 Å². The summed E-state index contributed by atoms with van der Waals surface area (Å²) in [4.78, 5) is 0. The van der Waals surface area contributed by atoms with Crippen LogP contribution in [-0.2, 0) is 6.42 Å². The van der Waals surface area contributed by atoms with Crippen LogP contribution in [0.3, 0.4) is 0 Å². The van der Waals surface area contributed by atoms with Gasteiger partial charge in [0.1, 0.15) is 0 Å². The Morgan fingerprint density at radius 3 is 2.53 bits per heavy atom. The highest BCUT2D eigenvalue weighted by molar-refractivity contribution is 5.30. The molecule has 0 aliphatic rings. The maximum Gasteiger partial charge on any atom is 0.166 e. The number of rotatable bonds is 4. The third kappa shape index (κ3) is 3.52. The number of aliphatic hydroxyl groups excluding tert-OH is 1. The van der Waals surface area contributed by atoms with Crippen molar-refractivity contribution in [1.29, 1.82) is 0 Å². The minimum atomic E-state index is 0.0979. The van der Waals surface area contributed by atoms with Crippen molar-refractivity contribution in [3.63, 3.8) is 0 Å². The fraction of sp³-hybridized carbons (Fsp3) is 0.286. The quantitative estimate of drug-likeness (QED) is 0.582. The van der Waals surface area contributed by atoms with E-state index in [1.807, 2.05) is 30.3 Å². The Morgan fingerprint density at radius 2 is 2.00 bits per heavy atom. The lowest BCUT2D eigenvalue weighted by atomic mass is 10.0. The Labute approximate surface area is 91.5 Å². The van der Waals surface area contributed by atoms with Gasteiger partial charge < -0.3 is 5.11 Å². The smallest absolute Gasteiger partial charge is 0.166 e. The van der Waals surface area contributed by atoms with E-state index in [4.69, 9.17) is 6.42 Å². The zero-order valence-electron chi connectivity index (χ0n) is 9.03. The molecule has 0 heterocycles. The summed E-state index contributed by atoms with van der Waals surface area (Å²) >= 11 is 0. The van der Waals surface area contributed by atoms with Gasteiger partial charge >= 0.3 is 0 Å². The molecule has 0 fully saturated rings. The number of benzene rings is 1. The van der Waals surface area contributed by atoms with Crippen LogP contribution in [0.1, 0.15) is 25.3 Å². The molecule has 1 heteroatoms. The molecule has 0 unspecified atom stereocenters. The Bertz CT molecular complexity index is 368. The van der Waals surface area contributed by atoms with Crippen LogP contribution in [0.2, 0.25) is 0 Å². The van der Waals surface area contributed by atoms with Gasteiger partial charge in [0.15, 0.2) is 5.76 Å².